The zero-order chi connectivity index (χ0) is 15.3. The Hall–Kier alpha value is -1.55. The summed E-state index contributed by atoms with van der Waals surface area (Å²) in [5, 5.41) is 0. The molecule has 0 saturated carbocycles. The molecule has 0 N–H and O–H groups in total. The molecule has 0 bridgehead atoms. The van der Waals surface area contributed by atoms with Gasteiger partial charge in [-0.2, -0.15) is 0 Å². The molecule has 1 aromatic carbocycles. The third-order valence-corrected chi connectivity index (χ3v) is 3.48. The van der Waals surface area contributed by atoms with Gasteiger partial charge in [0.15, 0.2) is 17.3 Å². The Bertz CT molecular complexity index is 467. The van der Waals surface area contributed by atoms with E-state index < -0.39 is 5.54 Å². The maximum atomic E-state index is 12.6. The van der Waals surface area contributed by atoms with Crippen molar-refractivity contribution >= 4 is 5.78 Å². The fourth-order valence-electron chi connectivity index (χ4n) is 1.75. The molecule has 0 amide bonds. The van der Waals surface area contributed by atoms with Gasteiger partial charge in [-0.25, -0.2) is 0 Å². The van der Waals surface area contributed by atoms with Crippen LogP contribution in [0.2, 0.25) is 0 Å². The van der Waals surface area contributed by atoms with E-state index in [1.54, 1.807) is 18.2 Å². The van der Waals surface area contributed by atoms with E-state index in [1.165, 1.54) is 0 Å². The number of carbonyl (C=O) groups is 1. The number of Topliss-reactive ketones (excluding diaryl/α,β-unsaturated/α-hetero) is 1. The van der Waals surface area contributed by atoms with E-state index in [-0.39, 0.29) is 5.78 Å². The summed E-state index contributed by atoms with van der Waals surface area (Å²) in [6, 6.07) is 5.36. The Morgan fingerprint density at radius 2 is 1.65 bits per heavy atom. The zero-order valence-electron chi connectivity index (χ0n) is 13.3. The average molecular weight is 279 g/mol. The van der Waals surface area contributed by atoms with Crippen LogP contribution in [0.25, 0.3) is 0 Å². The largest absolute Gasteiger partial charge is 0.490 e. The standard InChI is InChI=1S/C16H25NO3/c1-7-19-13-10-9-12(11-14(13)20-8-2)15(18)16(3,4)17(5)6/h9-11H,7-8H2,1-6H3. The Morgan fingerprint density at radius 3 is 2.15 bits per heavy atom. The number of nitrogens with zero attached hydrogens (tertiary/aromatic N) is 1. The van der Waals surface area contributed by atoms with Crippen LogP contribution in [0.5, 0.6) is 11.5 Å². The number of rotatable bonds is 7. The maximum absolute atomic E-state index is 12.6. The van der Waals surface area contributed by atoms with Crippen LogP contribution >= 0.6 is 0 Å². The van der Waals surface area contributed by atoms with E-state index in [0.29, 0.717) is 30.3 Å². The van der Waals surface area contributed by atoms with Gasteiger partial charge in [0.25, 0.3) is 0 Å². The molecule has 0 spiro atoms. The summed E-state index contributed by atoms with van der Waals surface area (Å²) in [6.45, 7) is 8.75. The second-order valence-electron chi connectivity index (χ2n) is 5.31. The molecule has 0 fully saturated rings. The SMILES string of the molecule is CCOc1ccc(C(=O)C(C)(C)N(C)C)cc1OCC. The van der Waals surface area contributed by atoms with Crippen molar-refractivity contribution in [2.45, 2.75) is 33.2 Å². The highest BCUT2D eigenvalue weighted by molar-refractivity contribution is 6.03. The first kappa shape index (κ1) is 16.5. The van der Waals surface area contributed by atoms with Crippen molar-refractivity contribution in [3.8, 4) is 11.5 Å². The Balaban J connectivity index is 3.14. The lowest BCUT2D eigenvalue weighted by molar-refractivity contribution is 0.0755. The highest BCUT2D eigenvalue weighted by Crippen LogP contribution is 2.30. The van der Waals surface area contributed by atoms with Crippen LogP contribution in [-0.2, 0) is 0 Å². The Labute approximate surface area is 121 Å². The average Bonchev–Trinajstić information content (AvgIpc) is 2.40. The summed E-state index contributed by atoms with van der Waals surface area (Å²) >= 11 is 0. The summed E-state index contributed by atoms with van der Waals surface area (Å²) in [4.78, 5) is 14.5. The molecule has 1 rings (SSSR count). The molecule has 0 aliphatic rings. The molecule has 4 nitrogen and oxygen atoms in total. The molecule has 0 radical (unpaired) electrons. The van der Waals surface area contributed by atoms with Crippen LogP contribution in [0.3, 0.4) is 0 Å². The Morgan fingerprint density at radius 1 is 1.10 bits per heavy atom. The molecule has 0 saturated heterocycles. The summed E-state index contributed by atoms with van der Waals surface area (Å²) in [7, 11) is 3.80. The fraction of sp³-hybridized carbons (Fsp3) is 0.562. The van der Waals surface area contributed by atoms with Crippen LogP contribution in [-0.4, -0.2) is 43.5 Å². The van der Waals surface area contributed by atoms with E-state index in [4.69, 9.17) is 9.47 Å². The lowest BCUT2D eigenvalue weighted by Crippen LogP contribution is -2.45. The molecule has 4 heteroatoms. The van der Waals surface area contributed by atoms with Gasteiger partial charge in [-0.05, 0) is 60.0 Å². The summed E-state index contributed by atoms with van der Waals surface area (Å²) in [6.07, 6.45) is 0. The third-order valence-electron chi connectivity index (χ3n) is 3.48. The lowest BCUT2D eigenvalue weighted by atomic mass is 9.92. The highest BCUT2D eigenvalue weighted by Gasteiger charge is 2.31. The molecule has 0 aromatic heterocycles. The zero-order valence-corrected chi connectivity index (χ0v) is 13.3. The van der Waals surface area contributed by atoms with Crippen molar-refractivity contribution in [1.29, 1.82) is 0 Å². The van der Waals surface area contributed by atoms with Crippen LogP contribution in [0.4, 0.5) is 0 Å². The van der Waals surface area contributed by atoms with E-state index in [2.05, 4.69) is 0 Å². The van der Waals surface area contributed by atoms with Crippen molar-refractivity contribution in [3.05, 3.63) is 23.8 Å². The van der Waals surface area contributed by atoms with Gasteiger partial charge < -0.3 is 9.47 Å². The van der Waals surface area contributed by atoms with Gasteiger partial charge in [0.05, 0.1) is 18.8 Å². The molecule has 1 aromatic rings. The number of likely N-dealkylation sites (N-methyl/N-ethyl adjacent to an activating group) is 1. The van der Waals surface area contributed by atoms with Crippen molar-refractivity contribution in [3.63, 3.8) is 0 Å². The van der Waals surface area contributed by atoms with Gasteiger partial charge in [0.1, 0.15) is 0 Å². The quantitative estimate of drug-likeness (QED) is 0.719. The summed E-state index contributed by atoms with van der Waals surface area (Å²) < 4.78 is 11.1. The van der Waals surface area contributed by atoms with Crippen LogP contribution in [0.1, 0.15) is 38.1 Å². The summed E-state index contributed by atoms with van der Waals surface area (Å²) in [5.41, 5.74) is 0.0759. The van der Waals surface area contributed by atoms with E-state index >= 15 is 0 Å². The molecular weight excluding hydrogens is 254 g/mol. The van der Waals surface area contributed by atoms with E-state index in [1.807, 2.05) is 46.7 Å². The van der Waals surface area contributed by atoms with Gasteiger partial charge in [0.2, 0.25) is 0 Å². The molecule has 0 atom stereocenters. The molecular formula is C16H25NO3. The van der Waals surface area contributed by atoms with Crippen molar-refractivity contribution < 1.29 is 14.3 Å². The van der Waals surface area contributed by atoms with Crippen LogP contribution < -0.4 is 9.47 Å². The minimum Gasteiger partial charge on any atom is -0.490 e. The van der Waals surface area contributed by atoms with Gasteiger partial charge in [0, 0.05) is 5.56 Å². The number of hydrogen-bond donors (Lipinski definition) is 0. The molecule has 20 heavy (non-hydrogen) atoms. The second-order valence-corrected chi connectivity index (χ2v) is 5.31. The molecule has 0 unspecified atom stereocenters. The third kappa shape index (κ3) is 3.51. The van der Waals surface area contributed by atoms with Gasteiger partial charge >= 0.3 is 0 Å². The first-order chi connectivity index (χ1) is 9.34. The normalized spacial score (nSPS) is 11.6. The fourth-order valence-corrected chi connectivity index (χ4v) is 1.75. The van der Waals surface area contributed by atoms with Crippen LogP contribution in [0.15, 0.2) is 18.2 Å². The van der Waals surface area contributed by atoms with Crippen LogP contribution in [0, 0.1) is 0 Å². The van der Waals surface area contributed by atoms with E-state index in [9.17, 15) is 4.79 Å². The maximum Gasteiger partial charge on any atom is 0.182 e. The minimum atomic E-state index is -0.559. The smallest absolute Gasteiger partial charge is 0.182 e. The first-order valence-corrected chi connectivity index (χ1v) is 6.96. The molecule has 0 aliphatic heterocycles. The second kappa shape index (κ2) is 6.75. The minimum absolute atomic E-state index is 0.0616. The Kier molecular flexibility index (Phi) is 5.57. The molecule has 112 valence electrons. The highest BCUT2D eigenvalue weighted by atomic mass is 16.5. The number of ketones is 1. The molecule has 0 heterocycles. The monoisotopic (exact) mass is 279 g/mol. The number of hydrogen-bond acceptors (Lipinski definition) is 4. The number of benzene rings is 1. The molecule has 0 aliphatic carbocycles. The van der Waals surface area contributed by atoms with E-state index in [0.717, 1.165) is 0 Å². The number of ether oxygens (including phenoxy) is 2. The topological polar surface area (TPSA) is 38.8 Å². The van der Waals surface area contributed by atoms with Gasteiger partial charge in [-0.1, -0.05) is 0 Å². The number of carbonyl (C=O) groups excluding carboxylic acids is 1. The van der Waals surface area contributed by atoms with Gasteiger partial charge in [-0.15, -0.1) is 0 Å². The lowest BCUT2D eigenvalue weighted by Gasteiger charge is -2.31. The van der Waals surface area contributed by atoms with Crippen molar-refractivity contribution in [2.24, 2.45) is 0 Å². The summed E-state index contributed by atoms with van der Waals surface area (Å²) in [5.74, 6) is 1.36. The van der Waals surface area contributed by atoms with Crippen molar-refractivity contribution in [1.82, 2.24) is 4.90 Å². The van der Waals surface area contributed by atoms with Crippen molar-refractivity contribution in [2.75, 3.05) is 27.3 Å². The first-order valence-electron chi connectivity index (χ1n) is 6.96. The predicted octanol–water partition coefficient (Wildman–Crippen LogP) is 3.01. The predicted molar refractivity (Wildman–Crippen MR) is 80.9 cm³/mol. The van der Waals surface area contributed by atoms with Gasteiger partial charge in [-0.3, -0.25) is 9.69 Å².